The van der Waals surface area contributed by atoms with Gasteiger partial charge in [-0.15, -0.1) is 13.2 Å². The first-order valence-electron chi connectivity index (χ1n) is 5.92. The summed E-state index contributed by atoms with van der Waals surface area (Å²) in [6.45, 7) is 4.05. The summed E-state index contributed by atoms with van der Waals surface area (Å²) in [5.74, 6) is 0.100. The highest BCUT2D eigenvalue weighted by molar-refractivity contribution is 5.27. The van der Waals surface area contributed by atoms with E-state index in [-0.39, 0.29) is 11.8 Å². The Balaban J connectivity index is 2.60. The van der Waals surface area contributed by atoms with Gasteiger partial charge >= 0.3 is 6.36 Å². The standard InChI is InChI=1S/C13H18F3NO/c1-3-12(17)9(2)8-10-4-6-11(7-5-10)18-13(14,15)16/h4-7,9,12H,3,8,17H2,1-2H3. The van der Waals surface area contributed by atoms with Crippen LogP contribution in [0.3, 0.4) is 0 Å². The van der Waals surface area contributed by atoms with E-state index in [2.05, 4.69) is 4.74 Å². The lowest BCUT2D eigenvalue weighted by molar-refractivity contribution is -0.274. The molecule has 0 aliphatic carbocycles. The van der Waals surface area contributed by atoms with Gasteiger partial charge in [0, 0.05) is 6.04 Å². The summed E-state index contributed by atoms with van der Waals surface area (Å²) in [4.78, 5) is 0. The Bertz CT molecular complexity index is 361. The third-order valence-corrected chi connectivity index (χ3v) is 2.92. The molecule has 2 N–H and O–H groups in total. The fourth-order valence-electron chi connectivity index (χ4n) is 1.75. The minimum Gasteiger partial charge on any atom is -0.406 e. The first-order valence-corrected chi connectivity index (χ1v) is 5.92. The van der Waals surface area contributed by atoms with Crippen molar-refractivity contribution in [2.75, 3.05) is 0 Å². The van der Waals surface area contributed by atoms with Gasteiger partial charge in [-0.1, -0.05) is 26.0 Å². The van der Waals surface area contributed by atoms with Crippen LogP contribution in [0.4, 0.5) is 13.2 Å². The monoisotopic (exact) mass is 261 g/mol. The van der Waals surface area contributed by atoms with Crippen molar-refractivity contribution in [2.45, 2.75) is 39.1 Å². The van der Waals surface area contributed by atoms with Crippen LogP contribution >= 0.6 is 0 Å². The lowest BCUT2D eigenvalue weighted by atomic mass is 9.93. The molecule has 102 valence electrons. The molecule has 18 heavy (non-hydrogen) atoms. The molecule has 0 saturated heterocycles. The number of hydrogen-bond acceptors (Lipinski definition) is 2. The van der Waals surface area contributed by atoms with Gasteiger partial charge in [0.05, 0.1) is 0 Å². The average molecular weight is 261 g/mol. The van der Waals surface area contributed by atoms with Crippen molar-refractivity contribution >= 4 is 0 Å². The molecule has 0 aromatic heterocycles. The molecule has 2 atom stereocenters. The Hall–Kier alpha value is -1.23. The molecule has 0 bridgehead atoms. The van der Waals surface area contributed by atoms with E-state index in [1.807, 2.05) is 13.8 Å². The zero-order chi connectivity index (χ0) is 13.8. The van der Waals surface area contributed by atoms with Crippen LogP contribution in [0.2, 0.25) is 0 Å². The molecule has 0 saturated carbocycles. The van der Waals surface area contributed by atoms with E-state index < -0.39 is 6.36 Å². The number of alkyl halides is 3. The number of nitrogens with two attached hydrogens (primary N) is 1. The van der Waals surface area contributed by atoms with Gasteiger partial charge in [-0.25, -0.2) is 0 Å². The van der Waals surface area contributed by atoms with Crippen LogP contribution in [-0.4, -0.2) is 12.4 Å². The molecule has 5 heteroatoms. The zero-order valence-corrected chi connectivity index (χ0v) is 10.5. The SMILES string of the molecule is CCC(N)C(C)Cc1ccc(OC(F)(F)F)cc1. The molecule has 0 aliphatic heterocycles. The van der Waals surface area contributed by atoms with E-state index in [9.17, 15) is 13.2 Å². The van der Waals surface area contributed by atoms with Crippen LogP contribution in [0, 0.1) is 5.92 Å². The third-order valence-electron chi connectivity index (χ3n) is 2.92. The second-order valence-corrected chi connectivity index (χ2v) is 4.45. The first-order chi connectivity index (χ1) is 8.31. The Morgan fingerprint density at radius 2 is 1.78 bits per heavy atom. The van der Waals surface area contributed by atoms with E-state index in [4.69, 9.17) is 5.73 Å². The highest BCUT2D eigenvalue weighted by Gasteiger charge is 2.30. The minimum atomic E-state index is -4.64. The molecule has 0 heterocycles. The number of hydrogen-bond donors (Lipinski definition) is 1. The Morgan fingerprint density at radius 1 is 1.22 bits per heavy atom. The number of halogens is 3. The van der Waals surface area contributed by atoms with Crippen molar-refractivity contribution in [1.29, 1.82) is 0 Å². The van der Waals surface area contributed by atoms with Crippen molar-refractivity contribution in [2.24, 2.45) is 11.7 Å². The van der Waals surface area contributed by atoms with Gasteiger partial charge in [0.25, 0.3) is 0 Å². The van der Waals surface area contributed by atoms with Gasteiger partial charge in [-0.3, -0.25) is 0 Å². The van der Waals surface area contributed by atoms with Crippen LogP contribution in [-0.2, 0) is 6.42 Å². The summed E-state index contributed by atoms with van der Waals surface area (Å²) in [6, 6.07) is 6.04. The summed E-state index contributed by atoms with van der Waals surface area (Å²) >= 11 is 0. The van der Waals surface area contributed by atoms with Crippen molar-refractivity contribution in [3.63, 3.8) is 0 Å². The number of rotatable bonds is 5. The quantitative estimate of drug-likeness (QED) is 0.880. The highest BCUT2D eigenvalue weighted by Crippen LogP contribution is 2.23. The van der Waals surface area contributed by atoms with Crippen molar-refractivity contribution in [3.8, 4) is 5.75 Å². The molecule has 0 aliphatic rings. The van der Waals surface area contributed by atoms with Crippen molar-refractivity contribution in [1.82, 2.24) is 0 Å². The van der Waals surface area contributed by atoms with Crippen LogP contribution in [0.5, 0.6) is 5.75 Å². The second-order valence-electron chi connectivity index (χ2n) is 4.45. The number of ether oxygens (including phenoxy) is 1. The average Bonchev–Trinajstić information content (AvgIpc) is 2.28. The van der Waals surface area contributed by atoms with Crippen molar-refractivity contribution < 1.29 is 17.9 Å². The Labute approximate surface area is 105 Å². The minimum absolute atomic E-state index is 0.108. The fourth-order valence-corrected chi connectivity index (χ4v) is 1.75. The third kappa shape index (κ3) is 4.96. The van der Waals surface area contributed by atoms with Gasteiger partial charge in [-0.2, -0.15) is 0 Å². The second kappa shape index (κ2) is 6.09. The zero-order valence-electron chi connectivity index (χ0n) is 10.5. The van der Waals surface area contributed by atoms with Crippen molar-refractivity contribution in [3.05, 3.63) is 29.8 Å². The molecule has 0 spiro atoms. The normalized spacial score (nSPS) is 15.2. The van der Waals surface area contributed by atoms with Crippen LogP contribution in [0.25, 0.3) is 0 Å². The number of benzene rings is 1. The highest BCUT2D eigenvalue weighted by atomic mass is 19.4. The van der Waals surface area contributed by atoms with Crippen LogP contribution in [0.15, 0.2) is 24.3 Å². The first kappa shape index (κ1) is 14.8. The summed E-state index contributed by atoms with van der Waals surface area (Å²) in [7, 11) is 0. The molecule has 2 unspecified atom stereocenters. The van der Waals surface area contributed by atoms with Gasteiger partial charge in [0.1, 0.15) is 5.75 Å². The van der Waals surface area contributed by atoms with E-state index in [0.717, 1.165) is 18.4 Å². The van der Waals surface area contributed by atoms with E-state index in [1.54, 1.807) is 12.1 Å². The maximum Gasteiger partial charge on any atom is 0.573 e. The largest absolute Gasteiger partial charge is 0.573 e. The fraction of sp³-hybridized carbons (Fsp3) is 0.538. The predicted molar refractivity (Wildman–Crippen MR) is 64.3 cm³/mol. The van der Waals surface area contributed by atoms with E-state index in [0.29, 0.717) is 5.92 Å². The van der Waals surface area contributed by atoms with Gasteiger partial charge < -0.3 is 10.5 Å². The predicted octanol–water partition coefficient (Wildman–Crippen LogP) is 3.50. The topological polar surface area (TPSA) is 35.2 Å². The summed E-state index contributed by atoms with van der Waals surface area (Å²) in [5.41, 5.74) is 6.86. The van der Waals surface area contributed by atoms with Gasteiger partial charge in [0.2, 0.25) is 0 Å². The lowest BCUT2D eigenvalue weighted by Crippen LogP contribution is -2.28. The molecule has 0 fully saturated rings. The van der Waals surface area contributed by atoms with Crippen LogP contribution in [0.1, 0.15) is 25.8 Å². The molecular weight excluding hydrogens is 243 g/mol. The van der Waals surface area contributed by atoms with Gasteiger partial charge in [-0.05, 0) is 36.5 Å². The molecule has 0 radical (unpaired) electrons. The van der Waals surface area contributed by atoms with E-state index >= 15 is 0 Å². The lowest BCUT2D eigenvalue weighted by Gasteiger charge is -2.18. The molecular formula is C13H18F3NO. The molecule has 1 aromatic rings. The van der Waals surface area contributed by atoms with Crippen LogP contribution < -0.4 is 10.5 Å². The molecule has 1 aromatic carbocycles. The molecule has 1 rings (SSSR count). The maximum atomic E-state index is 12.0. The maximum absolute atomic E-state index is 12.0. The molecule has 2 nitrogen and oxygen atoms in total. The van der Waals surface area contributed by atoms with Gasteiger partial charge in [0.15, 0.2) is 0 Å². The summed E-state index contributed by atoms with van der Waals surface area (Å²) in [6.07, 6.45) is -3.00. The summed E-state index contributed by atoms with van der Waals surface area (Å²) in [5, 5.41) is 0. The molecule has 0 amide bonds. The van der Waals surface area contributed by atoms with E-state index in [1.165, 1.54) is 12.1 Å². The smallest absolute Gasteiger partial charge is 0.406 e. The summed E-state index contributed by atoms with van der Waals surface area (Å²) < 4.78 is 39.7. The Kier molecular flexibility index (Phi) is 5.02. The Morgan fingerprint density at radius 3 is 2.22 bits per heavy atom.